The van der Waals surface area contributed by atoms with Crippen LogP contribution in [-0.4, -0.2) is 15.8 Å². The van der Waals surface area contributed by atoms with E-state index in [0.29, 0.717) is 11.6 Å². The Hall–Kier alpha value is -3.78. The highest BCUT2D eigenvalue weighted by molar-refractivity contribution is 6.31. The van der Waals surface area contributed by atoms with Crippen molar-refractivity contribution in [2.24, 2.45) is 5.10 Å². The van der Waals surface area contributed by atoms with Gasteiger partial charge in [0, 0.05) is 39.4 Å². The molecule has 1 N–H and O–H groups in total. The van der Waals surface area contributed by atoms with Gasteiger partial charge in [0.05, 0.1) is 11.8 Å². The molecule has 0 radical (unpaired) electrons. The Morgan fingerprint density at radius 2 is 1.80 bits per heavy atom. The summed E-state index contributed by atoms with van der Waals surface area (Å²) in [5.41, 5.74) is 6.55. The molecule has 2 aromatic heterocycles. The van der Waals surface area contributed by atoms with Crippen LogP contribution in [0.25, 0.3) is 5.69 Å². The minimum atomic E-state index is -4.42. The van der Waals surface area contributed by atoms with Crippen molar-refractivity contribution in [3.8, 4) is 11.4 Å². The molecule has 0 atom stereocenters. The second-order valence-corrected chi connectivity index (χ2v) is 8.24. The number of aryl methyl sites for hydroxylation is 1. The van der Waals surface area contributed by atoms with E-state index in [2.05, 4.69) is 20.1 Å². The van der Waals surface area contributed by atoms with Gasteiger partial charge in [-0.15, -0.1) is 0 Å². The zero-order valence-electron chi connectivity index (χ0n) is 19.0. The van der Waals surface area contributed by atoms with Crippen LogP contribution in [0.1, 0.15) is 28.1 Å². The minimum absolute atomic E-state index is 0.218. The summed E-state index contributed by atoms with van der Waals surface area (Å²) >= 11 is 6.18. The topological polar surface area (TPSA) is 51.4 Å². The third-order valence-corrected chi connectivity index (χ3v) is 5.76. The largest absolute Gasteiger partial charge is 0.489 e. The quantitative estimate of drug-likeness (QED) is 0.217. The van der Waals surface area contributed by atoms with Gasteiger partial charge in [-0.05, 0) is 62.4 Å². The Bertz CT molecular complexity index is 1330. The first-order valence-corrected chi connectivity index (χ1v) is 11.1. The van der Waals surface area contributed by atoms with E-state index in [-0.39, 0.29) is 5.82 Å². The number of anilines is 1. The van der Waals surface area contributed by atoms with Crippen molar-refractivity contribution in [3.63, 3.8) is 0 Å². The normalized spacial score (nSPS) is 11.7. The van der Waals surface area contributed by atoms with Crippen LogP contribution in [0.2, 0.25) is 5.02 Å². The highest BCUT2D eigenvalue weighted by atomic mass is 35.5. The Labute approximate surface area is 205 Å². The number of hydrogen-bond donors (Lipinski definition) is 1. The van der Waals surface area contributed by atoms with E-state index in [9.17, 15) is 13.2 Å². The number of hydrazone groups is 1. The van der Waals surface area contributed by atoms with Crippen LogP contribution in [0.5, 0.6) is 5.75 Å². The molecule has 9 heteroatoms. The van der Waals surface area contributed by atoms with Gasteiger partial charge in [-0.2, -0.15) is 18.3 Å². The Kier molecular flexibility index (Phi) is 7.12. The second kappa shape index (κ2) is 10.2. The molecule has 0 amide bonds. The highest BCUT2D eigenvalue weighted by Crippen LogP contribution is 2.29. The van der Waals surface area contributed by atoms with Gasteiger partial charge >= 0.3 is 6.18 Å². The molecular weight excluding hydrogens is 477 g/mol. The van der Waals surface area contributed by atoms with Gasteiger partial charge in [-0.3, -0.25) is 5.43 Å². The van der Waals surface area contributed by atoms with Gasteiger partial charge in [-0.25, -0.2) is 4.98 Å². The molecule has 0 spiro atoms. The summed E-state index contributed by atoms with van der Waals surface area (Å²) in [4.78, 5) is 3.75. The van der Waals surface area contributed by atoms with Crippen molar-refractivity contribution < 1.29 is 17.9 Å². The van der Waals surface area contributed by atoms with E-state index in [0.717, 1.165) is 46.2 Å². The molecule has 0 aliphatic carbocycles. The summed E-state index contributed by atoms with van der Waals surface area (Å²) in [5, 5.41) is 4.79. The first-order chi connectivity index (χ1) is 16.7. The van der Waals surface area contributed by atoms with E-state index in [1.165, 1.54) is 6.07 Å². The highest BCUT2D eigenvalue weighted by Gasteiger charge is 2.30. The predicted molar refractivity (Wildman–Crippen MR) is 131 cm³/mol. The molecule has 4 rings (SSSR count). The smallest absolute Gasteiger partial charge is 0.417 e. The molecule has 5 nitrogen and oxygen atoms in total. The Morgan fingerprint density at radius 1 is 1.06 bits per heavy atom. The number of aromatic nitrogens is 2. The molecule has 0 saturated carbocycles. The van der Waals surface area contributed by atoms with E-state index >= 15 is 0 Å². The summed E-state index contributed by atoms with van der Waals surface area (Å²) in [6, 6.07) is 19.4. The SMILES string of the molecule is Cc1cc(/C=N\Nc2ccc(C(F)(F)F)cn2)c(C)n1-c1ccc(OCc2ccccc2Cl)cc1. The average molecular weight is 499 g/mol. The first kappa shape index (κ1) is 24.3. The van der Waals surface area contributed by atoms with Crippen LogP contribution in [0.3, 0.4) is 0 Å². The average Bonchev–Trinajstić information content (AvgIpc) is 3.11. The number of nitrogens with one attached hydrogen (secondary N) is 1. The molecule has 0 aliphatic rings. The molecule has 0 bridgehead atoms. The number of hydrogen-bond acceptors (Lipinski definition) is 4. The fourth-order valence-electron chi connectivity index (χ4n) is 3.58. The van der Waals surface area contributed by atoms with Gasteiger partial charge < -0.3 is 9.30 Å². The second-order valence-electron chi connectivity index (χ2n) is 7.84. The van der Waals surface area contributed by atoms with Crippen molar-refractivity contribution in [2.45, 2.75) is 26.6 Å². The zero-order valence-corrected chi connectivity index (χ0v) is 19.7. The maximum absolute atomic E-state index is 12.7. The van der Waals surface area contributed by atoms with Gasteiger partial charge in [-0.1, -0.05) is 29.8 Å². The van der Waals surface area contributed by atoms with Crippen LogP contribution >= 0.6 is 11.6 Å². The molecule has 0 aliphatic heterocycles. The molecular formula is C26H22ClF3N4O. The lowest BCUT2D eigenvalue weighted by Crippen LogP contribution is -2.05. The summed E-state index contributed by atoms with van der Waals surface area (Å²) in [6.07, 6.45) is -2.04. The number of ether oxygens (including phenoxy) is 1. The van der Waals surface area contributed by atoms with E-state index in [1.807, 2.05) is 68.4 Å². The number of rotatable bonds is 7. The van der Waals surface area contributed by atoms with E-state index < -0.39 is 11.7 Å². The van der Waals surface area contributed by atoms with Gasteiger partial charge in [0.2, 0.25) is 0 Å². The molecule has 35 heavy (non-hydrogen) atoms. The van der Waals surface area contributed by atoms with Gasteiger partial charge in [0.1, 0.15) is 18.2 Å². The maximum atomic E-state index is 12.7. The first-order valence-electron chi connectivity index (χ1n) is 10.7. The van der Waals surface area contributed by atoms with E-state index in [1.54, 1.807) is 6.21 Å². The lowest BCUT2D eigenvalue weighted by atomic mass is 10.2. The van der Waals surface area contributed by atoms with Gasteiger partial charge in [0.25, 0.3) is 0 Å². The molecule has 0 unspecified atom stereocenters. The summed E-state index contributed by atoms with van der Waals surface area (Å²) in [6.45, 7) is 4.32. The lowest BCUT2D eigenvalue weighted by Gasteiger charge is -2.12. The third kappa shape index (κ3) is 5.84. The van der Waals surface area contributed by atoms with Crippen LogP contribution in [0.4, 0.5) is 19.0 Å². The zero-order chi connectivity index (χ0) is 25.0. The molecule has 2 heterocycles. The fourth-order valence-corrected chi connectivity index (χ4v) is 3.77. The summed E-state index contributed by atoms with van der Waals surface area (Å²) in [7, 11) is 0. The van der Waals surface area contributed by atoms with E-state index in [4.69, 9.17) is 16.3 Å². The Balaban J connectivity index is 1.43. The monoisotopic (exact) mass is 498 g/mol. The van der Waals surface area contributed by atoms with Crippen molar-refractivity contribution in [1.82, 2.24) is 9.55 Å². The number of alkyl halides is 3. The van der Waals surface area contributed by atoms with Crippen molar-refractivity contribution in [1.29, 1.82) is 0 Å². The minimum Gasteiger partial charge on any atom is -0.489 e. The molecule has 180 valence electrons. The van der Waals surface area contributed by atoms with Gasteiger partial charge in [0.15, 0.2) is 0 Å². The molecule has 2 aromatic carbocycles. The van der Waals surface area contributed by atoms with Crippen LogP contribution < -0.4 is 10.2 Å². The summed E-state index contributed by atoms with van der Waals surface area (Å²) < 4.78 is 45.9. The number of nitrogens with zero attached hydrogens (tertiary/aromatic N) is 3. The van der Waals surface area contributed by atoms with Crippen LogP contribution in [0.15, 0.2) is 78.0 Å². The van der Waals surface area contributed by atoms with Crippen LogP contribution in [-0.2, 0) is 12.8 Å². The standard InChI is InChI=1S/C26H22ClF3N4O/c1-17-13-20(14-32-33-25-12-7-21(15-31-25)26(28,29)30)18(2)34(17)22-8-10-23(11-9-22)35-16-19-5-3-4-6-24(19)27/h3-15H,16H2,1-2H3,(H,31,33)/b32-14-. The van der Waals surface area contributed by atoms with Crippen molar-refractivity contribution >= 4 is 23.6 Å². The molecule has 4 aromatic rings. The maximum Gasteiger partial charge on any atom is 0.417 e. The number of pyridine rings is 1. The van der Waals surface area contributed by atoms with Crippen molar-refractivity contribution in [2.75, 3.05) is 5.43 Å². The lowest BCUT2D eigenvalue weighted by molar-refractivity contribution is -0.137. The third-order valence-electron chi connectivity index (χ3n) is 5.39. The summed E-state index contributed by atoms with van der Waals surface area (Å²) in [5.74, 6) is 0.946. The number of benzene rings is 2. The predicted octanol–water partition coefficient (Wildman–Crippen LogP) is 7.19. The van der Waals surface area contributed by atoms with Crippen LogP contribution in [0, 0.1) is 13.8 Å². The molecule has 0 saturated heterocycles. The van der Waals surface area contributed by atoms with Crippen molar-refractivity contribution in [3.05, 3.63) is 106 Å². The Morgan fingerprint density at radius 3 is 2.46 bits per heavy atom. The fraction of sp³-hybridized carbons (Fsp3) is 0.154. The molecule has 0 fully saturated rings. The number of halogens is 4.